The first-order chi connectivity index (χ1) is 8.17. The largest absolute Gasteiger partial charge is 0.383 e. The predicted octanol–water partition coefficient (Wildman–Crippen LogP) is 1.63. The molecule has 0 aliphatic rings. The Morgan fingerprint density at radius 1 is 1.59 bits per heavy atom. The van der Waals surface area contributed by atoms with Crippen LogP contribution in [0.5, 0.6) is 0 Å². The molecule has 0 aliphatic carbocycles. The second-order valence-electron chi connectivity index (χ2n) is 3.18. The molecular formula is C11H12FN3OS. The lowest BCUT2D eigenvalue weighted by Gasteiger charge is -2.10. The number of halogens is 1. The zero-order valence-electron chi connectivity index (χ0n) is 9.29. The first kappa shape index (κ1) is 13.4. The van der Waals surface area contributed by atoms with Crippen LogP contribution in [0.25, 0.3) is 0 Å². The van der Waals surface area contributed by atoms with Crippen LogP contribution in [0.15, 0.2) is 18.2 Å². The molecule has 0 heterocycles. The van der Waals surface area contributed by atoms with Gasteiger partial charge in [-0.2, -0.15) is 5.26 Å². The Balaban J connectivity index is 2.57. The van der Waals surface area contributed by atoms with Crippen molar-refractivity contribution in [2.75, 3.05) is 25.6 Å². The Labute approximate surface area is 104 Å². The Morgan fingerprint density at radius 3 is 3.00 bits per heavy atom. The Hall–Kier alpha value is -1.71. The molecule has 4 nitrogen and oxygen atoms in total. The zero-order chi connectivity index (χ0) is 12.7. The topological polar surface area (TPSA) is 57.1 Å². The highest BCUT2D eigenvalue weighted by Crippen LogP contribution is 2.13. The summed E-state index contributed by atoms with van der Waals surface area (Å²) in [5, 5.41) is 14.8. The minimum atomic E-state index is -0.545. The van der Waals surface area contributed by atoms with Crippen molar-refractivity contribution in [3.63, 3.8) is 0 Å². The summed E-state index contributed by atoms with van der Waals surface area (Å²) in [4.78, 5) is 0. The van der Waals surface area contributed by atoms with Crippen LogP contribution in [-0.2, 0) is 4.74 Å². The van der Waals surface area contributed by atoms with E-state index in [1.807, 2.05) is 0 Å². The number of hydrogen-bond acceptors (Lipinski definition) is 3. The molecule has 1 rings (SSSR count). The van der Waals surface area contributed by atoms with Crippen LogP contribution in [0.2, 0.25) is 0 Å². The summed E-state index contributed by atoms with van der Waals surface area (Å²) in [6, 6.07) is 5.90. The SMILES string of the molecule is COCCNC(=S)Nc1ccc(F)c(C#N)c1. The number of thiocarbonyl (C=S) groups is 1. The lowest BCUT2D eigenvalue weighted by atomic mass is 10.2. The minimum Gasteiger partial charge on any atom is -0.383 e. The number of nitriles is 1. The molecule has 2 N–H and O–H groups in total. The normalized spacial score (nSPS) is 9.47. The quantitative estimate of drug-likeness (QED) is 0.631. The third-order valence-corrected chi connectivity index (χ3v) is 2.18. The lowest BCUT2D eigenvalue weighted by Crippen LogP contribution is -2.31. The number of anilines is 1. The summed E-state index contributed by atoms with van der Waals surface area (Å²) in [7, 11) is 1.59. The first-order valence-corrected chi connectivity index (χ1v) is 5.31. The van der Waals surface area contributed by atoms with Gasteiger partial charge in [0.2, 0.25) is 0 Å². The Kier molecular flexibility index (Phi) is 5.33. The van der Waals surface area contributed by atoms with Gasteiger partial charge in [0.1, 0.15) is 11.9 Å². The fourth-order valence-electron chi connectivity index (χ4n) is 1.13. The van der Waals surface area contributed by atoms with E-state index in [0.717, 1.165) is 0 Å². The van der Waals surface area contributed by atoms with Crippen LogP contribution in [0.3, 0.4) is 0 Å². The predicted molar refractivity (Wildman–Crippen MR) is 67.2 cm³/mol. The van der Waals surface area contributed by atoms with Crippen molar-refractivity contribution in [2.24, 2.45) is 0 Å². The maximum atomic E-state index is 13.0. The van der Waals surface area contributed by atoms with E-state index in [1.165, 1.54) is 18.2 Å². The summed E-state index contributed by atoms with van der Waals surface area (Å²) in [6.45, 7) is 1.11. The second-order valence-corrected chi connectivity index (χ2v) is 3.59. The van der Waals surface area contributed by atoms with Crippen LogP contribution in [0.4, 0.5) is 10.1 Å². The van der Waals surface area contributed by atoms with Gasteiger partial charge in [-0.15, -0.1) is 0 Å². The average molecular weight is 253 g/mol. The van der Waals surface area contributed by atoms with E-state index >= 15 is 0 Å². The molecule has 0 unspecified atom stereocenters. The van der Waals surface area contributed by atoms with Crippen molar-refractivity contribution in [1.29, 1.82) is 5.26 Å². The first-order valence-electron chi connectivity index (χ1n) is 4.91. The summed E-state index contributed by atoms with van der Waals surface area (Å²) < 4.78 is 17.9. The van der Waals surface area contributed by atoms with Crippen LogP contribution in [0, 0.1) is 17.1 Å². The number of benzene rings is 1. The molecule has 0 saturated carbocycles. The van der Waals surface area contributed by atoms with E-state index in [0.29, 0.717) is 24.0 Å². The Bertz CT molecular complexity index is 445. The molecule has 17 heavy (non-hydrogen) atoms. The number of nitrogens with one attached hydrogen (secondary N) is 2. The second kappa shape index (κ2) is 6.78. The van der Waals surface area contributed by atoms with Gasteiger partial charge in [-0.05, 0) is 30.4 Å². The molecule has 0 fully saturated rings. The number of rotatable bonds is 4. The Morgan fingerprint density at radius 2 is 2.35 bits per heavy atom. The fourth-order valence-corrected chi connectivity index (χ4v) is 1.35. The van der Waals surface area contributed by atoms with Crippen LogP contribution >= 0.6 is 12.2 Å². The fraction of sp³-hybridized carbons (Fsp3) is 0.273. The van der Waals surface area contributed by atoms with Gasteiger partial charge in [-0.25, -0.2) is 4.39 Å². The molecule has 0 bridgehead atoms. The van der Waals surface area contributed by atoms with Gasteiger partial charge in [-0.1, -0.05) is 0 Å². The maximum absolute atomic E-state index is 13.0. The van der Waals surface area contributed by atoms with Gasteiger partial charge < -0.3 is 15.4 Å². The van der Waals surface area contributed by atoms with Crippen LogP contribution < -0.4 is 10.6 Å². The van der Waals surface area contributed by atoms with Gasteiger partial charge in [0, 0.05) is 19.3 Å². The average Bonchev–Trinajstić information content (AvgIpc) is 2.32. The van der Waals surface area contributed by atoms with Crippen molar-refractivity contribution >= 4 is 23.0 Å². The van der Waals surface area contributed by atoms with Crippen LogP contribution in [-0.4, -0.2) is 25.4 Å². The van der Waals surface area contributed by atoms with Crippen molar-refractivity contribution in [3.8, 4) is 6.07 Å². The molecule has 1 aromatic carbocycles. The van der Waals surface area contributed by atoms with E-state index in [9.17, 15) is 4.39 Å². The summed E-state index contributed by atoms with van der Waals surface area (Å²) >= 11 is 5.01. The van der Waals surface area contributed by atoms with Gasteiger partial charge in [0.25, 0.3) is 0 Å². The van der Waals surface area contributed by atoms with Crippen molar-refractivity contribution < 1.29 is 9.13 Å². The lowest BCUT2D eigenvalue weighted by molar-refractivity contribution is 0.204. The van der Waals surface area contributed by atoms with E-state index in [1.54, 1.807) is 13.2 Å². The summed E-state index contributed by atoms with van der Waals surface area (Å²) in [5.41, 5.74) is 0.549. The third-order valence-electron chi connectivity index (χ3n) is 1.94. The molecule has 0 amide bonds. The van der Waals surface area contributed by atoms with E-state index in [4.69, 9.17) is 22.2 Å². The van der Waals surface area contributed by atoms with Gasteiger partial charge in [-0.3, -0.25) is 0 Å². The van der Waals surface area contributed by atoms with Crippen molar-refractivity contribution in [1.82, 2.24) is 5.32 Å². The third kappa shape index (κ3) is 4.34. The van der Waals surface area contributed by atoms with E-state index < -0.39 is 5.82 Å². The number of nitrogens with zero attached hydrogens (tertiary/aromatic N) is 1. The molecule has 0 saturated heterocycles. The van der Waals surface area contributed by atoms with Gasteiger partial charge >= 0.3 is 0 Å². The highest BCUT2D eigenvalue weighted by Gasteiger charge is 2.03. The smallest absolute Gasteiger partial charge is 0.170 e. The molecule has 0 atom stereocenters. The monoisotopic (exact) mass is 253 g/mol. The molecule has 1 aromatic rings. The summed E-state index contributed by atoms with van der Waals surface area (Å²) in [6.07, 6.45) is 0. The molecule has 6 heteroatoms. The molecule has 0 aromatic heterocycles. The van der Waals surface area contributed by atoms with Gasteiger partial charge in [0.15, 0.2) is 5.11 Å². The summed E-state index contributed by atoms with van der Waals surface area (Å²) in [5.74, 6) is -0.545. The van der Waals surface area contributed by atoms with Crippen molar-refractivity contribution in [3.05, 3.63) is 29.6 Å². The number of methoxy groups -OCH3 is 1. The van der Waals surface area contributed by atoms with Gasteiger partial charge in [0.05, 0.1) is 12.2 Å². The molecule has 0 aliphatic heterocycles. The van der Waals surface area contributed by atoms with E-state index in [-0.39, 0.29) is 5.56 Å². The van der Waals surface area contributed by atoms with E-state index in [2.05, 4.69) is 10.6 Å². The molecular weight excluding hydrogens is 241 g/mol. The number of ether oxygens (including phenoxy) is 1. The number of hydrogen-bond donors (Lipinski definition) is 2. The van der Waals surface area contributed by atoms with Crippen molar-refractivity contribution in [2.45, 2.75) is 0 Å². The standard InChI is InChI=1S/C11H12FN3OS/c1-16-5-4-14-11(17)15-9-2-3-10(12)8(6-9)7-13/h2-3,6H,4-5H2,1H3,(H2,14,15,17). The molecule has 90 valence electrons. The zero-order valence-corrected chi connectivity index (χ0v) is 10.1. The highest BCUT2D eigenvalue weighted by molar-refractivity contribution is 7.80. The maximum Gasteiger partial charge on any atom is 0.170 e. The van der Waals surface area contributed by atoms with Crippen LogP contribution in [0.1, 0.15) is 5.56 Å². The highest BCUT2D eigenvalue weighted by atomic mass is 32.1. The molecule has 0 radical (unpaired) electrons. The molecule has 0 spiro atoms. The minimum absolute atomic E-state index is 0.0188.